The fraction of sp³-hybridized carbons (Fsp3) is 0.273. The van der Waals surface area contributed by atoms with Gasteiger partial charge in [-0.1, -0.05) is 0 Å². The first-order valence-corrected chi connectivity index (χ1v) is 12.4. The summed E-state index contributed by atoms with van der Waals surface area (Å²) in [7, 11) is -2.42. The number of aromatic nitrogens is 3. The van der Waals surface area contributed by atoms with Crippen LogP contribution >= 0.6 is 0 Å². The van der Waals surface area contributed by atoms with E-state index in [9.17, 15) is 35.3 Å². The first-order valence-electron chi connectivity index (χ1n) is 10.1. The lowest BCUT2D eigenvalue weighted by atomic mass is 10.0. The summed E-state index contributed by atoms with van der Waals surface area (Å²) < 4.78 is 94.7. The minimum atomic E-state index is -5.09. The van der Waals surface area contributed by atoms with Crippen molar-refractivity contribution in [1.29, 1.82) is 0 Å². The topological polar surface area (TPSA) is 97.2 Å². The number of hydrogen-bond acceptors (Lipinski definition) is 6. The van der Waals surface area contributed by atoms with Crippen LogP contribution in [0.4, 0.5) is 32.0 Å². The van der Waals surface area contributed by atoms with Crippen molar-refractivity contribution in [2.75, 3.05) is 12.5 Å². The normalized spacial score (nSPS) is 13.2. The summed E-state index contributed by atoms with van der Waals surface area (Å²) in [6.07, 6.45) is -3.27. The van der Waals surface area contributed by atoms with Crippen LogP contribution in [0.1, 0.15) is 40.1 Å². The molecular formula is C22H19F6N5O2S. The van der Waals surface area contributed by atoms with Gasteiger partial charge in [0.2, 0.25) is 0 Å². The number of alkyl halides is 6. The van der Waals surface area contributed by atoms with Crippen LogP contribution < -0.4 is 5.32 Å². The van der Waals surface area contributed by atoms with Crippen LogP contribution in [-0.2, 0) is 22.1 Å². The van der Waals surface area contributed by atoms with E-state index in [-0.39, 0.29) is 17.5 Å². The van der Waals surface area contributed by atoms with Gasteiger partial charge in [0.05, 0.1) is 40.4 Å². The molecule has 2 heterocycles. The molecule has 192 valence electrons. The molecule has 3 rings (SSSR count). The molecule has 0 radical (unpaired) electrons. The molecule has 0 saturated heterocycles. The second-order valence-corrected chi connectivity index (χ2v) is 10.5. The third-order valence-corrected chi connectivity index (χ3v) is 5.30. The molecule has 14 heteroatoms. The van der Waals surface area contributed by atoms with E-state index in [0.29, 0.717) is 23.5 Å². The van der Waals surface area contributed by atoms with Gasteiger partial charge in [0.15, 0.2) is 0 Å². The average Bonchev–Trinajstić information content (AvgIpc) is 2.77. The molecule has 2 aromatic heterocycles. The zero-order valence-electron chi connectivity index (χ0n) is 19.0. The van der Waals surface area contributed by atoms with Crippen LogP contribution in [0.3, 0.4) is 0 Å². The molecule has 0 saturated carbocycles. The maximum Gasteiger partial charge on any atom is 0.416 e. The lowest BCUT2D eigenvalue weighted by Crippen LogP contribution is -2.28. The lowest BCUT2D eigenvalue weighted by molar-refractivity contribution is -0.143. The van der Waals surface area contributed by atoms with E-state index < -0.39 is 50.7 Å². The molecule has 36 heavy (non-hydrogen) atoms. The minimum Gasteiger partial charge on any atom is -0.344 e. The van der Waals surface area contributed by atoms with Gasteiger partial charge in [0.25, 0.3) is 5.91 Å². The quantitative estimate of drug-likeness (QED) is 0.443. The number of benzene rings is 1. The van der Waals surface area contributed by atoms with Crippen LogP contribution in [0.15, 0.2) is 53.3 Å². The molecule has 0 aliphatic carbocycles. The van der Waals surface area contributed by atoms with E-state index in [1.54, 1.807) is 0 Å². The number of carbonyl (C=O) groups is 1. The van der Waals surface area contributed by atoms with Gasteiger partial charge in [-0.05, 0) is 37.3 Å². The summed E-state index contributed by atoms with van der Waals surface area (Å²) in [5, 5.41) is 2.36. The maximum absolute atomic E-state index is 13.1. The van der Waals surface area contributed by atoms with Gasteiger partial charge in [-0.3, -0.25) is 19.7 Å². The van der Waals surface area contributed by atoms with Gasteiger partial charge in [-0.25, -0.2) is 4.21 Å². The highest BCUT2D eigenvalue weighted by atomic mass is 32.2. The fourth-order valence-electron chi connectivity index (χ4n) is 3.13. The molecular weight excluding hydrogens is 512 g/mol. The van der Waals surface area contributed by atoms with Crippen molar-refractivity contribution in [3.8, 4) is 11.4 Å². The van der Waals surface area contributed by atoms with Gasteiger partial charge in [0.1, 0.15) is 5.69 Å². The molecule has 0 bridgehead atoms. The number of pyridine rings is 1. The first-order chi connectivity index (χ1) is 16.5. The van der Waals surface area contributed by atoms with Crippen molar-refractivity contribution in [3.63, 3.8) is 0 Å². The predicted molar refractivity (Wildman–Crippen MR) is 120 cm³/mol. The number of nitrogens with zero attached hydrogens (tertiary/aromatic N) is 4. The fourth-order valence-corrected chi connectivity index (χ4v) is 3.75. The van der Waals surface area contributed by atoms with Crippen LogP contribution in [0, 0.1) is 0 Å². The van der Waals surface area contributed by atoms with Gasteiger partial charge in [-0.15, -0.1) is 0 Å². The molecule has 0 aliphatic heterocycles. The van der Waals surface area contributed by atoms with Crippen molar-refractivity contribution in [3.05, 3.63) is 71.3 Å². The summed E-state index contributed by atoms with van der Waals surface area (Å²) in [4.78, 5) is 25.2. The van der Waals surface area contributed by atoms with E-state index in [4.69, 9.17) is 0 Å². The largest absolute Gasteiger partial charge is 0.416 e. The highest BCUT2D eigenvalue weighted by Gasteiger charge is 2.37. The Morgan fingerprint density at radius 2 is 1.53 bits per heavy atom. The molecule has 0 unspecified atom stereocenters. The molecule has 0 aliphatic rings. The number of rotatable bonds is 5. The smallest absolute Gasteiger partial charge is 0.344 e. The number of nitrogens with one attached hydrogen (secondary N) is 1. The second-order valence-electron chi connectivity index (χ2n) is 7.95. The molecule has 3 aromatic rings. The van der Waals surface area contributed by atoms with Crippen molar-refractivity contribution < 1.29 is 35.3 Å². The van der Waals surface area contributed by atoms with Crippen LogP contribution in [0.2, 0.25) is 0 Å². The predicted octanol–water partition coefficient (Wildman–Crippen LogP) is 5.43. The standard InChI is InChI=1S/C22H19F6N5O2S/c1-12(32-20(34)13-8-14(21(23,24)25)10-15(9-13)22(26,27)28)18-19(30-7-6-29-18)17-5-4-16(11-31-17)33-36(2,3)35/h4-12H,1-3H3,(H,32,34)/t12-/m0/s1. The van der Waals surface area contributed by atoms with E-state index in [1.807, 2.05) is 0 Å². The highest BCUT2D eigenvalue weighted by molar-refractivity contribution is 7.92. The number of carbonyl (C=O) groups excluding carboxylic acids is 1. The Kier molecular flexibility index (Phi) is 7.39. The third kappa shape index (κ3) is 6.77. The van der Waals surface area contributed by atoms with Crippen molar-refractivity contribution in [2.24, 2.45) is 4.36 Å². The maximum atomic E-state index is 13.1. The Hall–Kier alpha value is -3.55. The van der Waals surface area contributed by atoms with Gasteiger partial charge in [0, 0.05) is 40.2 Å². The Morgan fingerprint density at radius 1 is 0.944 bits per heavy atom. The molecule has 1 N–H and O–H groups in total. The SMILES string of the molecule is C[C@H](NC(=O)c1cc(C(F)(F)F)cc(C(F)(F)F)c1)c1nccnc1-c1ccc(N=S(C)(C)=O)cn1. The van der Waals surface area contributed by atoms with Gasteiger partial charge in [-0.2, -0.15) is 30.7 Å². The third-order valence-electron chi connectivity index (χ3n) is 4.65. The monoisotopic (exact) mass is 531 g/mol. The number of amides is 1. The minimum absolute atomic E-state index is 0.0575. The summed E-state index contributed by atoms with van der Waals surface area (Å²) >= 11 is 0. The van der Waals surface area contributed by atoms with Crippen molar-refractivity contribution in [1.82, 2.24) is 20.3 Å². The summed E-state index contributed by atoms with van der Waals surface area (Å²) in [5.41, 5.74) is -2.99. The average molecular weight is 531 g/mol. The van der Waals surface area contributed by atoms with Crippen LogP contribution in [0.5, 0.6) is 0 Å². The molecule has 0 spiro atoms. The van der Waals surface area contributed by atoms with E-state index in [1.165, 1.54) is 50.2 Å². The van der Waals surface area contributed by atoms with Crippen LogP contribution in [0.25, 0.3) is 11.4 Å². The molecule has 1 atom stereocenters. The molecule has 0 fully saturated rings. The Morgan fingerprint density at radius 3 is 2.03 bits per heavy atom. The van der Waals surface area contributed by atoms with E-state index >= 15 is 0 Å². The summed E-state index contributed by atoms with van der Waals surface area (Å²) in [5.74, 6) is -1.17. The van der Waals surface area contributed by atoms with Crippen molar-refractivity contribution >= 4 is 21.3 Å². The van der Waals surface area contributed by atoms with Crippen molar-refractivity contribution in [2.45, 2.75) is 25.3 Å². The second kappa shape index (κ2) is 9.84. The van der Waals surface area contributed by atoms with E-state index in [2.05, 4.69) is 24.6 Å². The van der Waals surface area contributed by atoms with Gasteiger partial charge >= 0.3 is 12.4 Å². The Labute approximate surface area is 202 Å². The van der Waals surface area contributed by atoms with Gasteiger partial charge < -0.3 is 5.32 Å². The Balaban J connectivity index is 1.93. The van der Waals surface area contributed by atoms with Crippen LogP contribution in [-0.4, -0.2) is 37.6 Å². The number of hydrogen-bond donors (Lipinski definition) is 1. The highest BCUT2D eigenvalue weighted by Crippen LogP contribution is 2.36. The zero-order chi connectivity index (χ0) is 26.9. The first kappa shape index (κ1) is 27.0. The summed E-state index contributed by atoms with van der Waals surface area (Å²) in [6, 6.07) is 2.72. The van der Waals surface area contributed by atoms with E-state index in [0.717, 1.165) is 0 Å². The molecule has 7 nitrogen and oxygen atoms in total. The number of halogens is 6. The summed E-state index contributed by atoms with van der Waals surface area (Å²) in [6.45, 7) is 1.44. The lowest BCUT2D eigenvalue weighted by Gasteiger charge is -2.18. The molecule has 1 aromatic carbocycles. The molecule has 1 amide bonds. The Bertz CT molecular complexity index is 1360. The zero-order valence-corrected chi connectivity index (χ0v) is 19.8.